The van der Waals surface area contributed by atoms with Crippen LogP contribution in [0.4, 0.5) is 5.82 Å². The summed E-state index contributed by atoms with van der Waals surface area (Å²) in [6.45, 7) is 3.27. The average molecular weight is 400 g/mol. The van der Waals surface area contributed by atoms with E-state index >= 15 is 0 Å². The minimum Gasteiger partial charge on any atom is -0.377 e. The molecule has 3 rings (SSSR count). The largest absolute Gasteiger partial charge is 0.377 e. The maximum atomic E-state index is 5.94. The minimum absolute atomic E-state index is 0. The first-order chi connectivity index (χ1) is 11.6. The molecule has 0 radical (unpaired) electrons. The SMILES string of the molecule is COCc1nc(C2CC(N)C2)cc(N(C)Cc2ccncc2C)n1.Cl.Cl. The maximum absolute atomic E-state index is 5.94. The van der Waals surface area contributed by atoms with Gasteiger partial charge < -0.3 is 15.4 Å². The van der Waals surface area contributed by atoms with Gasteiger partial charge in [0.2, 0.25) is 0 Å². The Kier molecular flexibility index (Phi) is 8.70. The Labute approximate surface area is 167 Å². The highest BCUT2D eigenvalue weighted by Gasteiger charge is 2.29. The molecule has 0 unspecified atom stereocenters. The summed E-state index contributed by atoms with van der Waals surface area (Å²) < 4.78 is 5.23. The first-order valence-electron chi connectivity index (χ1n) is 8.29. The number of rotatable bonds is 6. The van der Waals surface area contributed by atoms with Gasteiger partial charge in [-0.05, 0) is 37.0 Å². The van der Waals surface area contributed by atoms with Crippen molar-refractivity contribution >= 4 is 30.6 Å². The Morgan fingerprint density at radius 3 is 2.62 bits per heavy atom. The van der Waals surface area contributed by atoms with Crippen molar-refractivity contribution in [2.24, 2.45) is 5.73 Å². The van der Waals surface area contributed by atoms with Gasteiger partial charge in [-0.25, -0.2) is 9.97 Å². The molecule has 0 amide bonds. The molecule has 0 spiro atoms. The van der Waals surface area contributed by atoms with Gasteiger partial charge >= 0.3 is 0 Å². The summed E-state index contributed by atoms with van der Waals surface area (Å²) in [7, 11) is 3.72. The Morgan fingerprint density at radius 1 is 1.27 bits per heavy atom. The monoisotopic (exact) mass is 399 g/mol. The number of pyridine rings is 1. The molecule has 0 atom stereocenters. The number of aromatic nitrogens is 3. The van der Waals surface area contributed by atoms with Crippen molar-refractivity contribution in [1.29, 1.82) is 0 Å². The lowest BCUT2D eigenvalue weighted by atomic mass is 9.78. The Hall–Kier alpha value is -1.47. The van der Waals surface area contributed by atoms with Gasteiger partial charge in [-0.2, -0.15) is 0 Å². The Balaban J connectivity index is 0.00000169. The molecule has 8 heteroatoms. The van der Waals surface area contributed by atoms with Gasteiger partial charge in [0.05, 0.1) is 0 Å². The van der Waals surface area contributed by atoms with E-state index in [1.54, 1.807) is 7.11 Å². The van der Waals surface area contributed by atoms with Crippen LogP contribution in [0.1, 0.15) is 41.4 Å². The first kappa shape index (κ1) is 22.6. The van der Waals surface area contributed by atoms with Crippen LogP contribution in [-0.4, -0.2) is 35.2 Å². The number of anilines is 1. The van der Waals surface area contributed by atoms with Crippen LogP contribution >= 0.6 is 24.8 Å². The molecule has 2 aromatic heterocycles. The molecule has 144 valence electrons. The molecule has 0 aromatic carbocycles. The molecular formula is C18H27Cl2N5O. The van der Waals surface area contributed by atoms with Crippen LogP contribution in [0, 0.1) is 6.92 Å². The van der Waals surface area contributed by atoms with Gasteiger partial charge in [0.1, 0.15) is 12.4 Å². The van der Waals surface area contributed by atoms with E-state index in [-0.39, 0.29) is 24.8 Å². The van der Waals surface area contributed by atoms with E-state index in [0.29, 0.717) is 18.6 Å². The molecular weight excluding hydrogens is 373 g/mol. The van der Waals surface area contributed by atoms with Gasteiger partial charge in [0.15, 0.2) is 5.82 Å². The second-order valence-electron chi connectivity index (χ2n) is 6.59. The van der Waals surface area contributed by atoms with Gasteiger partial charge in [0.25, 0.3) is 0 Å². The van der Waals surface area contributed by atoms with Crippen LogP contribution in [0.5, 0.6) is 0 Å². The zero-order chi connectivity index (χ0) is 17.1. The number of methoxy groups -OCH3 is 1. The smallest absolute Gasteiger partial charge is 0.156 e. The van der Waals surface area contributed by atoms with E-state index in [1.165, 1.54) is 11.1 Å². The molecule has 1 fully saturated rings. The predicted octanol–water partition coefficient (Wildman–Crippen LogP) is 3.01. The van der Waals surface area contributed by atoms with Crippen LogP contribution < -0.4 is 10.6 Å². The fourth-order valence-electron chi connectivity index (χ4n) is 3.02. The van der Waals surface area contributed by atoms with Crippen LogP contribution in [0.3, 0.4) is 0 Å². The number of nitrogens with two attached hydrogens (primary N) is 1. The minimum atomic E-state index is 0. The van der Waals surface area contributed by atoms with Crippen LogP contribution in [0.15, 0.2) is 24.5 Å². The summed E-state index contributed by atoms with van der Waals surface area (Å²) >= 11 is 0. The highest BCUT2D eigenvalue weighted by Crippen LogP contribution is 2.35. The van der Waals surface area contributed by atoms with Crippen molar-refractivity contribution in [2.75, 3.05) is 19.1 Å². The number of nitrogens with zero attached hydrogens (tertiary/aromatic N) is 4. The number of hydrogen-bond acceptors (Lipinski definition) is 6. The van der Waals surface area contributed by atoms with Crippen molar-refractivity contribution in [2.45, 2.75) is 44.9 Å². The summed E-state index contributed by atoms with van der Waals surface area (Å²) in [5.74, 6) is 2.08. The fraction of sp³-hybridized carbons (Fsp3) is 0.500. The van der Waals surface area contributed by atoms with Crippen molar-refractivity contribution in [3.63, 3.8) is 0 Å². The lowest BCUT2D eigenvalue weighted by Crippen LogP contribution is -2.35. The summed E-state index contributed by atoms with van der Waals surface area (Å²) in [6, 6.07) is 4.44. The highest BCUT2D eigenvalue weighted by molar-refractivity contribution is 5.85. The lowest BCUT2D eigenvalue weighted by Gasteiger charge is -2.32. The number of halogens is 2. The van der Waals surface area contributed by atoms with Gasteiger partial charge in [-0.3, -0.25) is 4.98 Å². The van der Waals surface area contributed by atoms with Crippen LogP contribution in [0.2, 0.25) is 0 Å². The number of aryl methyl sites for hydroxylation is 1. The predicted molar refractivity (Wildman–Crippen MR) is 108 cm³/mol. The standard InChI is InChI=1S/C18H25N5O.2ClH/c1-12-9-20-5-4-13(12)10-23(2)18-8-16(14-6-15(19)7-14)21-17(22-18)11-24-3;;/h4-5,8-9,14-15H,6-7,10-11,19H2,1-3H3;2*1H. The average Bonchev–Trinajstić information content (AvgIpc) is 2.54. The van der Waals surface area contributed by atoms with E-state index in [4.69, 9.17) is 10.5 Å². The molecule has 1 saturated carbocycles. The molecule has 2 N–H and O–H groups in total. The molecule has 2 aromatic rings. The normalized spacial score (nSPS) is 18.3. The second-order valence-corrected chi connectivity index (χ2v) is 6.59. The highest BCUT2D eigenvalue weighted by atomic mass is 35.5. The van der Waals surface area contributed by atoms with E-state index in [2.05, 4.69) is 46.0 Å². The van der Waals surface area contributed by atoms with E-state index in [9.17, 15) is 0 Å². The molecule has 26 heavy (non-hydrogen) atoms. The first-order valence-corrected chi connectivity index (χ1v) is 8.29. The zero-order valence-corrected chi connectivity index (χ0v) is 17.0. The Morgan fingerprint density at radius 2 is 2.00 bits per heavy atom. The summed E-state index contributed by atoms with van der Waals surface area (Å²) in [6.07, 6.45) is 5.71. The summed E-state index contributed by atoms with van der Waals surface area (Å²) in [4.78, 5) is 15.6. The second kappa shape index (κ2) is 10.0. The molecule has 2 heterocycles. The molecule has 0 aliphatic heterocycles. The topological polar surface area (TPSA) is 77.2 Å². The molecule has 1 aliphatic rings. The van der Waals surface area contributed by atoms with Gasteiger partial charge in [0, 0.05) is 56.8 Å². The molecule has 0 bridgehead atoms. The third kappa shape index (κ3) is 5.27. The molecule has 0 saturated heterocycles. The fourth-order valence-corrected chi connectivity index (χ4v) is 3.02. The van der Waals surface area contributed by atoms with Crippen molar-refractivity contribution in [3.05, 3.63) is 47.2 Å². The lowest BCUT2D eigenvalue weighted by molar-refractivity contribution is 0.177. The molecule has 6 nitrogen and oxygen atoms in total. The number of ether oxygens (including phenoxy) is 1. The van der Waals surface area contributed by atoms with E-state index in [1.807, 2.05) is 12.4 Å². The van der Waals surface area contributed by atoms with E-state index in [0.717, 1.165) is 36.7 Å². The number of hydrogen-bond donors (Lipinski definition) is 1. The third-order valence-electron chi connectivity index (χ3n) is 4.58. The van der Waals surface area contributed by atoms with Crippen molar-refractivity contribution in [3.8, 4) is 0 Å². The third-order valence-corrected chi connectivity index (χ3v) is 4.58. The van der Waals surface area contributed by atoms with Gasteiger partial charge in [-0.1, -0.05) is 0 Å². The van der Waals surface area contributed by atoms with Crippen molar-refractivity contribution in [1.82, 2.24) is 15.0 Å². The summed E-state index contributed by atoms with van der Waals surface area (Å²) in [5.41, 5.74) is 9.43. The zero-order valence-electron chi connectivity index (χ0n) is 15.4. The van der Waals surface area contributed by atoms with Crippen LogP contribution in [0.25, 0.3) is 0 Å². The van der Waals surface area contributed by atoms with Gasteiger partial charge in [-0.15, -0.1) is 24.8 Å². The Bertz CT molecular complexity index is 710. The van der Waals surface area contributed by atoms with Crippen molar-refractivity contribution < 1.29 is 4.74 Å². The summed E-state index contributed by atoms with van der Waals surface area (Å²) in [5, 5.41) is 0. The van der Waals surface area contributed by atoms with E-state index < -0.39 is 0 Å². The maximum Gasteiger partial charge on any atom is 0.156 e. The quantitative estimate of drug-likeness (QED) is 0.803. The van der Waals surface area contributed by atoms with Crippen LogP contribution in [-0.2, 0) is 17.9 Å². The molecule has 1 aliphatic carbocycles.